The predicted molar refractivity (Wildman–Crippen MR) is 59.7 cm³/mol. The van der Waals surface area contributed by atoms with Crippen LogP contribution in [0.5, 0.6) is 0 Å². The Labute approximate surface area is 116 Å². The second kappa shape index (κ2) is 6.23. The van der Waals surface area contributed by atoms with Gasteiger partial charge >= 0.3 is 19.9 Å². The fourth-order valence-corrected chi connectivity index (χ4v) is 3.26. The summed E-state index contributed by atoms with van der Waals surface area (Å²) in [4.78, 5) is 29.2. The van der Waals surface area contributed by atoms with E-state index in [-0.39, 0.29) is 0 Å². The molecule has 5 nitrogen and oxygen atoms in total. The van der Waals surface area contributed by atoms with Gasteiger partial charge in [0.1, 0.15) is 11.9 Å². The Hall–Kier alpha value is -0.640. The van der Waals surface area contributed by atoms with Crippen molar-refractivity contribution in [3.05, 3.63) is 0 Å². The second-order valence-corrected chi connectivity index (χ2v) is 6.49. The van der Waals surface area contributed by atoms with Gasteiger partial charge in [-0.25, -0.2) is 0 Å². The van der Waals surface area contributed by atoms with Gasteiger partial charge in [-0.3, -0.25) is 4.57 Å². The van der Waals surface area contributed by atoms with Gasteiger partial charge in [0.2, 0.25) is 0 Å². The first kappa shape index (κ1) is 20.4. The fraction of sp³-hybridized carbons (Fsp3) is 0.889. The zero-order valence-corrected chi connectivity index (χ0v) is 11.8. The first-order chi connectivity index (χ1) is 9.05. The minimum atomic E-state index is -5.53. The minimum Gasteiger partial charge on any atom is -0.324 e. The highest BCUT2D eigenvalue weighted by Crippen LogP contribution is 2.53. The molecular formula is C9H14F6NO4P. The van der Waals surface area contributed by atoms with Crippen molar-refractivity contribution in [2.45, 2.75) is 36.4 Å². The van der Waals surface area contributed by atoms with Crippen molar-refractivity contribution in [1.82, 2.24) is 4.90 Å². The number of hydrogen-bond donors (Lipinski definition) is 2. The van der Waals surface area contributed by atoms with E-state index < -0.39 is 50.3 Å². The van der Waals surface area contributed by atoms with E-state index in [1.807, 2.05) is 0 Å². The lowest BCUT2D eigenvalue weighted by atomic mass is 9.85. The van der Waals surface area contributed by atoms with Crippen LogP contribution in [-0.4, -0.2) is 58.6 Å². The summed E-state index contributed by atoms with van der Waals surface area (Å²) < 4.78 is 86.8. The molecule has 0 rings (SSSR count). The minimum absolute atomic E-state index is 0.381. The van der Waals surface area contributed by atoms with Gasteiger partial charge in [-0.1, -0.05) is 0 Å². The van der Waals surface area contributed by atoms with Gasteiger partial charge in [0, 0.05) is 0 Å². The molecule has 1 unspecified atom stereocenters. The summed E-state index contributed by atoms with van der Waals surface area (Å²) >= 11 is 0. The predicted octanol–water partition coefficient (Wildman–Crippen LogP) is 1.94. The van der Waals surface area contributed by atoms with Crippen LogP contribution in [0.1, 0.15) is 12.8 Å². The van der Waals surface area contributed by atoms with Gasteiger partial charge in [-0.05, 0) is 14.1 Å². The molecule has 126 valence electrons. The lowest BCUT2D eigenvalue weighted by Gasteiger charge is -2.44. The van der Waals surface area contributed by atoms with Crippen molar-refractivity contribution >= 4 is 13.9 Å². The molecule has 0 aromatic carbocycles. The van der Waals surface area contributed by atoms with Crippen LogP contribution in [-0.2, 0) is 9.36 Å². The van der Waals surface area contributed by atoms with Crippen LogP contribution in [0.15, 0.2) is 0 Å². The lowest BCUT2D eigenvalue weighted by molar-refractivity contribution is -0.196. The zero-order chi connectivity index (χ0) is 17.3. The molecule has 0 saturated heterocycles. The molecule has 0 aliphatic heterocycles. The first-order valence-corrected chi connectivity index (χ1v) is 7.05. The van der Waals surface area contributed by atoms with E-state index in [1.165, 1.54) is 0 Å². The number of alkyl halides is 6. The van der Waals surface area contributed by atoms with Crippen LogP contribution in [0, 0.1) is 0 Å². The number of rotatable bonds is 6. The molecule has 0 aliphatic rings. The molecule has 0 aromatic rings. The lowest BCUT2D eigenvalue weighted by Crippen LogP contribution is -2.58. The molecule has 12 heteroatoms. The van der Waals surface area contributed by atoms with Crippen molar-refractivity contribution in [2.24, 2.45) is 0 Å². The molecular weight excluding hydrogens is 331 g/mol. The monoisotopic (exact) mass is 345 g/mol. The topological polar surface area (TPSA) is 77.8 Å². The third kappa shape index (κ3) is 5.93. The summed E-state index contributed by atoms with van der Waals surface area (Å²) in [7, 11) is -3.94. The van der Waals surface area contributed by atoms with Crippen molar-refractivity contribution < 1.29 is 45.5 Å². The van der Waals surface area contributed by atoms with E-state index in [0.717, 1.165) is 14.1 Å². The highest BCUT2D eigenvalue weighted by molar-refractivity contribution is 7.53. The summed E-state index contributed by atoms with van der Waals surface area (Å²) in [6, 6.07) is 0. The van der Waals surface area contributed by atoms with E-state index in [0.29, 0.717) is 4.90 Å². The third-order valence-electron chi connectivity index (χ3n) is 2.95. The third-order valence-corrected chi connectivity index (χ3v) is 4.27. The SMILES string of the molecule is CN(C)C(CC(F)(F)F)(CC(F)(F)F)C(C=O)P(=O)(O)O. The molecule has 1 atom stereocenters. The Bertz CT molecular complexity index is 399. The smallest absolute Gasteiger partial charge is 0.324 e. The van der Waals surface area contributed by atoms with Gasteiger partial charge in [0.25, 0.3) is 0 Å². The average Bonchev–Trinajstić information content (AvgIpc) is 2.09. The van der Waals surface area contributed by atoms with Crippen LogP contribution in [0.2, 0.25) is 0 Å². The molecule has 0 fully saturated rings. The van der Waals surface area contributed by atoms with Crippen LogP contribution >= 0.6 is 7.60 Å². The number of halogens is 6. The number of hydrogen-bond acceptors (Lipinski definition) is 3. The van der Waals surface area contributed by atoms with Gasteiger partial charge in [0.15, 0.2) is 0 Å². The summed E-state index contributed by atoms with van der Waals surface area (Å²) in [6.45, 7) is 0. The maximum Gasteiger partial charge on any atom is 0.390 e. The van der Waals surface area contributed by atoms with E-state index in [9.17, 15) is 35.7 Å². The number of carbonyl (C=O) groups excluding carboxylic acids is 1. The Morgan fingerprint density at radius 3 is 1.52 bits per heavy atom. The molecule has 2 N–H and O–H groups in total. The molecule has 0 aliphatic carbocycles. The maximum atomic E-state index is 12.6. The highest BCUT2D eigenvalue weighted by atomic mass is 31.2. The fourth-order valence-electron chi connectivity index (χ4n) is 2.07. The van der Waals surface area contributed by atoms with Crippen molar-refractivity contribution in [1.29, 1.82) is 0 Å². The second-order valence-electron chi connectivity index (χ2n) is 4.75. The van der Waals surface area contributed by atoms with Gasteiger partial charge in [-0.2, -0.15) is 26.3 Å². The van der Waals surface area contributed by atoms with E-state index in [4.69, 9.17) is 9.79 Å². The van der Waals surface area contributed by atoms with Crippen LogP contribution in [0.3, 0.4) is 0 Å². The summed E-state index contributed by atoms with van der Waals surface area (Å²) in [5.74, 6) is 0. The maximum absolute atomic E-state index is 12.6. The number of carbonyl (C=O) groups is 1. The van der Waals surface area contributed by atoms with Crippen LogP contribution < -0.4 is 0 Å². The summed E-state index contributed by atoms with van der Waals surface area (Å²) in [5, 5.41) is 0. The number of nitrogens with zero attached hydrogens (tertiary/aromatic N) is 1. The van der Waals surface area contributed by atoms with E-state index in [1.54, 1.807) is 0 Å². The molecule has 0 radical (unpaired) electrons. The Morgan fingerprint density at radius 1 is 1.05 bits per heavy atom. The number of aldehydes is 1. The summed E-state index contributed by atoms with van der Waals surface area (Å²) in [6.07, 6.45) is -15.3. The average molecular weight is 345 g/mol. The van der Waals surface area contributed by atoms with Gasteiger partial charge < -0.3 is 19.5 Å². The Balaban J connectivity index is 6.14. The molecule has 0 saturated carbocycles. The molecule has 0 aromatic heterocycles. The molecule has 0 bridgehead atoms. The normalized spacial score (nSPS) is 16.1. The van der Waals surface area contributed by atoms with Crippen molar-refractivity contribution in [3.63, 3.8) is 0 Å². The first-order valence-electron chi connectivity index (χ1n) is 5.36. The standard InChI is InChI=1S/C9H14F6NO4P/c1-16(2)7(4-8(10,11)12,5-9(13,14)15)6(3-17)21(18,19)20/h3,6H,4-5H2,1-2H3,(H2,18,19,20). The van der Waals surface area contributed by atoms with E-state index >= 15 is 0 Å². The largest absolute Gasteiger partial charge is 0.390 e. The Kier molecular flexibility index (Phi) is 6.04. The molecule has 0 spiro atoms. The Morgan fingerprint density at radius 2 is 1.38 bits per heavy atom. The molecule has 0 heterocycles. The van der Waals surface area contributed by atoms with Crippen molar-refractivity contribution in [2.75, 3.05) is 14.1 Å². The quantitative estimate of drug-likeness (QED) is 0.437. The highest BCUT2D eigenvalue weighted by Gasteiger charge is 2.59. The summed E-state index contributed by atoms with van der Waals surface area (Å²) in [5.41, 5.74) is -5.89. The molecule has 21 heavy (non-hydrogen) atoms. The van der Waals surface area contributed by atoms with Crippen molar-refractivity contribution in [3.8, 4) is 0 Å². The zero-order valence-electron chi connectivity index (χ0n) is 10.9. The molecule has 0 amide bonds. The van der Waals surface area contributed by atoms with Gasteiger partial charge in [-0.15, -0.1) is 0 Å². The van der Waals surface area contributed by atoms with Crippen LogP contribution in [0.4, 0.5) is 26.3 Å². The van der Waals surface area contributed by atoms with Gasteiger partial charge in [0.05, 0.1) is 18.4 Å². The van der Waals surface area contributed by atoms with Crippen LogP contribution in [0.25, 0.3) is 0 Å². The van der Waals surface area contributed by atoms with E-state index in [2.05, 4.69) is 0 Å².